The lowest BCUT2D eigenvalue weighted by molar-refractivity contribution is 0.187. The number of amides is 1. The zero-order valence-corrected chi connectivity index (χ0v) is 11.3. The minimum absolute atomic E-state index is 0.451. The molecule has 0 bridgehead atoms. The number of carbonyl (C=O) groups excluding carboxylic acids is 1. The van der Waals surface area contributed by atoms with Crippen molar-refractivity contribution in [3.8, 4) is 0 Å². The van der Waals surface area contributed by atoms with Gasteiger partial charge in [-0.3, -0.25) is 5.32 Å². The molecule has 0 fully saturated rings. The van der Waals surface area contributed by atoms with Crippen LogP contribution in [0, 0.1) is 5.92 Å². The van der Waals surface area contributed by atoms with Crippen LogP contribution in [0.2, 0.25) is 0 Å². The van der Waals surface area contributed by atoms with Crippen molar-refractivity contribution >= 4 is 17.5 Å². The standard InChI is InChI=1S/C14H22N2O2/c1-4-11(5-2)10-15-12-6-8-13(9-7-12)16-14(17)18-3/h6-9,11,15H,4-5,10H2,1-3H3,(H,16,17). The maximum atomic E-state index is 11.0. The van der Waals surface area contributed by atoms with Crippen LogP contribution >= 0.6 is 0 Å². The fraction of sp³-hybridized carbons (Fsp3) is 0.500. The zero-order chi connectivity index (χ0) is 13.4. The third kappa shape index (κ3) is 4.65. The Balaban J connectivity index is 2.47. The van der Waals surface area contributed by atoms with E-state index in [1.807, 2.05) is 24.3 Å². The van der Waals surface area contributed by atoms with Crippen LogP contribution in [0.15, 0.2) is 24.3 Å². The zero-order valence-electron chi connectivity index (χ0n) is 11.3. The van der Waals surface area contributed by atoms with Gasteiger partial charge in [0.05, 0.1) is 7.11 Å². The summed E-state index contributed by atoms with van der Waals surface area (Å²) in [7, 11) is 1.35. The van der Waals surface area contributed by atoms with Crippen LogP contribution in [0.4, 0.5) is 16.2 Å². The molecule has 0 aliphatic carbocycles. The maximum Gasteiger partial charge on any atom is 0.411 e. The molecule has 1 aromatic rings. The first-order valence-corrected chi connectivity index (χ1v) is 6.38. The first-order valence-electron chi connectivity index (χ1n) is 6.38. The smallest absolute Gasteiger partial charge is 0.411 e. The molecular formula is C14H22N2O2. The first-order chi connectivity index (χ1) is 8.69. The minimum Gasteiger partial charge on any atom is -0.453 e. The Labute approximate surface area is 109 Å². The highest BCUT2D eigenvalue weighted by Gasteiger charge is 2.03. The number of carbonyl (C=O) groups is 1. The van der Waals surface area contributed by atoms with Crippen LogP contribution in [0.25, 0.3) is 0 Å². The normalized spacial score (nSPS) is 10.2. The number of hydrogen-bond acceptors (Lipinski definition) is 3. The molecule has 1 aromatic carbocycles. The number of benzene rings is 1. The Morgan fingerprint density at radius 2 is 1.72 bits per heavy atom. The number of ether oxygens (including phenoxy) is 1. The van der Waals surface area contributed by atoms with E-state index in [2.05, 4.69) is 29.2 Å². The Hall–Kier alpha value is -1.71. The number of rotatable bonds is 6. The second-order valence-electron chi connectivity index (χ2n) is 4.26. The van der Waals surface area contributed by atoms with Gasteiger partial charge in [-0.25, -0.2) is 4.79 Å². The summed E-state index contributed by atoms with van der Waals surface area (Å²) in [6.45, 7) is 5.40. The lowest BCUT2D eigenvalue weighted by Gasteiger charge is -2.14. The summed E-state index contributed by atoms with van der Waals surface area (Å²) in [6, 6.07) is 7.61. The topological polar surface area (TPSA) is 50.4 Å². The summed E-state index contributed by atoms with van der Waals surface area (Å²) >= 11 is 0. The van der Waals surface area contributed by atoms with E-state index in [0.29, 0.717) is 5.92 Å². The Kier molecular flexibility index (Phi) is 6.05. The van der Waals surface area contributed by atoms with E-state index in [0.717, 1.165) is 17.9 Å². The van der Waals surface area contributed by atoms with Crippen molar-refractivity contribution in [1.29, 1.82) is 0 Å². The third-order valence-corrected chi connectivity index (χ3v) is 3.07. The summed E-state index contributed by atoms with van der Waals surface area (Å²) in [5.41, 5.74) is 1.80. The van der Waals surface area contributed by atoms with E-state index in [1.54, 1.807) is 0 Å². The lowest BCUT2D eigenvalue weighted by atomic mass is 10.0. The fourth-order valence-electron chi connectivity index (χ4n) is 1.68. The molecule has 100 valence electrons. The molecule has 2 N–H and O–H groups in total. The van der Waals surface area contributed by atoms with Crippen LogP contribution in [-0.2, 0) is 4.74 Å². The van der Waals surface area contributed by atoms with Crippen LogP contribution < -0.4 is 10.6 Å². The molecule has 0 saturated heterocycles. The monoisotopic (exact) mass is 250 g/mol. The SMILES string of the molecule is CCC(CC)CNc1ccc(NC(=O)OC)cc1. The summed E-state index contributed by atoms with van der Waals surface area (Å²) in [4.78, 5) is 11.0. The van der Waals surface area contributed by atoms with E-state index >= 15 is 0 Å². The largest absolute Gasteiger partial charge is 0.453 e. The van der Waals surface area contributed by atoms with Crippen molar-refractivity contribution in [2.75, 3.05) is 24.3 Å². The molecule has 4 heteroatoms. The number of anilines is 2. The lowest BCUT2D eigenvalue weighted by Crippen LogP contribution is -2.13. The number of hydrogen-bond donors (Lipinski definition) is 2. The van der Waals surface area contributed by atoms with Gasteiger partial charge >= 0.3 is 6.09 Å². The van der Waals surface area contributed by atoms with Gasteiger partial charge in [-0.1, -0.05) is 26.7 Å². The van der Waals surface area contributed by atoms with Crippen molar-refractivity contribution in [3.63, 3.8) is 0 Å². The molecule has 4 nitrogen and oxygen atoms in total. The van der Waals surface area contributed by atoms with Crippen LogP contribution in [-0.4, -0.2) is 19.7 Å². The van der Waals surface area contributed by atoms with Gasteiger partial charge in [-0.15, -0.1) is 0 Å². The Morgan fingerprint density at radius 1 is 1.17 bits per heavy atom. The molecule has 18 heavy (non-hydrogen) atoms. The highest BCUT2D eigenvalue weighted by molar-refractivity contribution is 5.84. The van der Waals surface area contributed by atoms with E-state index < -0.39 is 6.09 Å². The molecule has 0 saturated carbocycles. The van der Waals surface area contributed by atoms with Gasteiger partial charge in [0.2, 0.25) is 0 Å². The molecule has 0 heterocycles. The summed E-state index contributed by atoms with van der Waals surface area (Å²) in [5.74, 6) is 0.706. The average molecular weight is 250 g/mol. The maximum absolute atomic E-state index is 11.0. The molecule has 0 radical (unpaired) electrons. The average Bonchev–Trinajstić information content (AvgIpc) is 2.41. The molecule has 0 aliphatic rings. The van der Waals surface area contributed by atoms with Crippen LogP contribution in [0.5, 0.6) is 0 Å². The predicted molar refractivity (Wildman–Crippen MR) is 75.0 cm³/mol. The van der Waals surface area contributed by atoms with Gasteiger partial charge in [0.1, 0.15) is 0 Å². The van der Waals surface area contributed by atoms with Crippen molar-refractivity contribution in [2.45, 2.75) is 26.7 Å². The number of nitrogens with one attached hydrogen (secondary N) is 2. The second kappa shape index (κ2) is 7.58. The van der Waals surface area contributed by atoms with E-state index in [-0.39, 0.29) is 0 Å². The van der Waals surface area contributed by atoms with Crippen molar-refractivity contribution < 1.29 is 9.53 Å². The van der Waals surface area contributed by atoms with Crippen LogP contribution in [0.3, 0.4) is 0 Å². The fourth-order valence-corrected chi connectivity index (χ4v) is 1.68. The van der Waals surface area contributed by atoms with Crippen molar-refractivity contribution in [1.82, 2.24) is 0 Å². The summed E-state index contributed by atoms with van der Waals surface area (Å²) in [6.07, 6.45) is 1.92. The van der Waals surface area contributed by atoms with Gasteiger partial charge in [-0.2, -0.15) is 0 Å². The highest BCUT2D eigenvalue weighted by atomic mass is 16.5. The van der Waals surface area contributed by atoms with Crippen molar-refractivity contribution in [2.24, 2.45) is 5.92 Å². The van der Waals surface area contributed by atoms with Crippen molar-refractivity contribution in [3.05, 3.63) is 24.3 Å². The van der Waals surface area contributed by atoms with Gasteiger partial charge in [0.25, 0.3) is 0 Å². The molecule has 0 aliphatic heterocycles. The van der Waals surface area contributed by atoms with Gasteiger partial charge in [-0.05, 0) is 30.2 Å². The quantitative estimate of drug-likeness (QED) is 0.809. The predicted octanol–water partition coefficient (Wildman–Crippen LogP) is 3.71. The first kappa shape index (κ1) is 14.4. The third-order valence-electron chi connectivity index (χ3n) is 3.07. The Morgan fingerprint density at radius 3 is 2.22 bits per heavy atom. The van der Waals surface area contributed by atoms with E-state index in [4.69, 9.17) is 0 Å². The van der Waals surface area contributed by atoms with E-state index in [1.165, 1.54) is 20.0 Å². The molecule has 0 aromatic heterocycles. The van der Waals surface area contributed by atoms with Gasteiger partial charge in [0.15, 0.2) is 0 Å². The van der Waals surface area contributed by atoms with Gasteiger partial charge in [0, 0.05) is 17.9 Å². The Bertz CT molecular complexity index is 359. The minimum atomic E-state index is -0.451. The summed E-state index contributed by atoms with van der Waals surface area (Å²) in [5, 5.41) is 6.01. The summed E-state index contributed by atoms with van der Waals surface area (Å²) < 4.78 is 4.53. The van der Waals surface area contributed by atoms with Crippen LogP contribution in [0.1, 0.15) is 26.7 Å². The molecule has 0 atom stereocenters. The molecule has 1 rings (SSSR count). The van der Waals surface area contributed by atoms with Gasteiger partial charge < -0.3 is 10.1 Å². The molecule has 0 unspecified atom stereocenters. The molecular weight excluding hydrogens is 228 g/mol. The second-order valence-corrected chi connectivity index (χ2v) is 4.26. The van der Waals surface area contributed by atoms with E-state index in [9.17, 15) is 4.79 Å². The molecule has 0 spiro atoms. The number of methoxy groups -OCH3 is 1. The molecule has 1 amide bonds. The highest BCUT2D eigenvalue weighted by Crippen LogP contribution is 2.15.